The van der Waals surface area contributed by atoms with Gasteiger partial charge in [-0.05, 0) is 31.6 Å². The highest BCUT2D eigenvalue weighted by molar-refractivity contribution is 7.91. The van der Waals surface area contributed by atoms with E-state index in [4.69, 9.17) is 0 Å². The zero-order valence-electron chi connectivity index (χ0n) is 12.6. The SMILES string of the molecule is CC1CCC(CO)(NC(=O)CC2CS(=O)(=O)CCN2)CC1. The molecule has 0 bridgehead atoms. The highest BCUT2D eigenvalue weighted by Crippen LogP contribution is 2.31. The molecule has 0 aromatic heterocycles. The molecule has 21 heavy (non-hydrogen) atoms. The molecule has 2 rings (SSSR count). The van der Waals surface area contributed by atoms with E-state index in [0.717, 1.165) is 25.7 Å². The average molecular weight is 318 g/mol. The maximum absolute atomic E-state index is 12.2. The Morgan fingerprint density at radius 3 is 2.62 bits per heavy atom. The van der Waals surface area contributed by atoms with Gasteiger partial charge in [0.15, 0.2) is 9.84 Å². The molecule has 0 aromatic rings. The van der Waals surface area contributed by atoms with E-state index in [1.54, 1.807) is 0 Å². The molecular formula is C14H26N2O4S. The number of carbonyl (C=O) groups excluding carboxylic acids is 1. The number of nitrogens with one attached hydrogen (secondary N) is 2. The summed E-state index contributed by atoms with van der Waals surface area (Å²) in [4.78, 5) is 12.2. The van der Waals surface area contributed by atoms with Crippen molar-refractivity contribution in [1.82, 2.24) is 10.6 Å². The standard InChI is InChI=1S/C14H26N2O4S/c1-11-2-4-14(10-17,5-3-11)16-13(18)8-12-9-21(19,20)7-6-15-12/h11-12,15,17H,2-10H2,1H3,(H,16,18). The van der Waals surface area contributed by atoms with Crippen LogP contribution in [0.1, 0.15) is 39.0 Å². The third-order valence-electron chi connectivity index (χ3n) is 4.67. The Kier molecular flexibility index (Phi) is 5.27. The van der Waals surface area contributed by atoms with Crippen LogP contribution < -0.4 is 10.6 Å². The minimum absolute atomic E-state index is 0.0174. The third-order valence-corrected chi connectivity index (χ3v) is 6.41. The van der Waals surface area contributed by atoms with E-state index in [9.17, 15) is 18.3 Å². The number of aliphatic hydroxyl groups excluding tert-OH is 1. The van der Waals surface area contributed by atoms with Crippen molar-refractivity contribution in [1.29, 1.82) is 0 Å². The molecule has 1 aliphatic heterocycles. The second-order valence-electron chi connectivity index (χ2n) is 6.64. The Hall–Kier alpha value is -0.660. The minimum atomic E-state index is -3.03. The van der Waals surface area contributed by atoms with Gasteiger partial charge < -0.3 is 15.7 Å². The first-order chi connectivity index (χ1) is 9.84. The lowest BCUT2D eigenvalue weighted by Crippen LogP contribution is -2.55. The number of hydrogen-bond donors (Lipinski definition) is 3. The van der Waals surface area contributed by atoms with Crippen LogP contribution in [0, 0.1) is 5.92 Å². The van der Waals surface area contributed by atoms with Crippen molar-refractivity contribution >= 4 is 15.7 Å². The second-order valence-corrected chi connectivity index (χ2v) is 8.87. The van der Waals surface area contributed by atoms with Crippen LogP contribution in [0.3, 0.4) is 0 Å². The fourth-order valence-electron chi connectivity index (χ4n) is 3.21. The van der Waals surface area contributed by atoms with Crippen molar-refractivity contribution < 1.29 is 18.3 Å². The lowest BCUT2D eigenvalue weighted by Gasteiger charge is -2.39. The summed E-state index contributed by atoms with van der Waals surface area (Å²) in [6.45, 7) is 2.53. The Labute approximate surface area is 126 Å². The molecule has 3 N–H and O–H groups in total. The van der Waals surface area contributed by atoms with Crippen molar-refractivity contribution in [2.24, 2.45) is 5.92 Å². The van der Waals surface area contributed by atoms with E-state index in [0.29, 0.717) is 12.5 Å². The molecule has 1 atom stereocenters. The molecule has 1 unspecified atom stereocenters. The molecule has 1 aliphatic carbocycles. The van der Waals surface area contributed by atoms with Crippen LogP contribution in [-0.4, -0.2) is 55.7 Å². The molecule has 1 amide bonds. The summed E-state index contributed by atoms with van der Waals surface area (Å²) >= 11 is 0. The van der Waals surface area contributed by atoms with E-state index in [1.807, 2.05) is 0 Å². The summed E-state index contributed by atoms with van der Waals surface area (Å²) in [5, 5.41) is 15.7. The van der Waals surface area contributed by atoms with E-state index in [1.165, 1.54) is 0 Å². The van der Waals surface area contributed by atoms with Crippen molar-refractivity contribution in [2.45, 2.75) is 50.6 Å². The molecule has 2 fully saturated rings. The van der Waals surface area contributed by atoms with Gasteiger partial charge in [0, 0.05) is 19.0 Å². The Morgan fingerprint density at radius 2 is 2.05 bits per heavy atom. The maximum atomic E-state index is 12.2. The van der Waals surface area contributed by atoms with Gasteiger partial charge in [0.2, 0.25) is 5.91 Å². The van der Waals surface area contributed by atoms with Crippen LogP contribution in [0.25, 0.3) is 0 Å². The number of carbonyl (C=O) groups is 1. The first-order valence-corrected chi connectivity index (χ1v) is 9.52. The van der Waals surface area contributed by atoms with Gasteiger partial charge in [0.25, 0.3) is 0 Å². The monoisotopic (exact) mass is 318 g/mol. The van der Waals surface area contributed by atoms with Crippen molar-refractivity contribution in [3.8, 4) is 0 Å². The fourth-order valence-corrected chi connectivity index (χ4v) is 4.65. The van der Waals surface area contributed by atoms with E-state index in [-0.39, 0.29) is 36.5 Å². The minimum Gasteiger partial charge on any atom is -0.394 e. The van der Waals surface area contributed by atoms with Gasteiger partial charge in [-0.1, -0.05) is 6.92 Å². The first-order valence-electron chi connectivity index (χ1n) is 7.70. The normalized spacial score (nSPS) is 36.1. The van der Waals surface area contributed by atoms with Crippen molar-refractivity contribution in [2.75, 3.05) is 24.7 Å². The van der Waals surface area contributed by atoms with Crippen molar-refractivity contribution in [3.63, 3.8) is 0 Å². The van der Waals surface area contributed by atoms with Gasteiger partial charge in [0.1, 0.15) is 0 Å². The van der Waals surface area contributed by atoms with Gasteiger partial charge in [-0.25, -0.2) is 8.42 Å². The lowest BCUT2D eigenvalue weighted by molar-refractivity contribution is -0.124. The van der Waals surface area contributed by atoms with E-state index >= 15 is 0 Å². The predicted octanol–water partition coefficient (Wildman–Crippen LogP) is -0.179. The second kappa shape index (κ2) is 6.62. The molecule has 1 saturated carbocycles. The number of hydrogen-bond acceptors (Lipinski definition) is 5. The molecule has 0 radical (unpaired) electrons. The van der Waals surface area contributed by atoms with Gasteiger partial charge >= 0.3 is 0 Å². The Morgan fingerprint density at radius 1 is 1.38 bits per heavy atom. The fraction of sp³-hybridized carbons (Fsp3) is 0.929. The van der Waals surface area contributed by atoms with Crippen LogP contribution in [-0.2, 0) is 14.6 Å². The highest BCUT2D eigenvalue weighted by atomic mass is 32.2. The van der Waals surface area contributed by atoms with E-state index < -0.39 is 15.4 Å². The van der Waals surface area contributed by atoms with Crippen LogP contribution in [0.5, 0.6) is 0 Å². The highest BCUT2D eigenvalue weighted by Gasteiger charge is 2.36. The molecule has 2 aliphatic rings. The third kappa shape index (κ3) is 4.66. The molecule has 0 spiro atoms. The summed E-state index contributed by atoms with van der Waals surface area (Å²) in [6.07, 6.45) is 3.71. The van der Waals surface area contributed by atoms with Crippen LogP contribution in [0.15, 0.2) is 0 Å². The predicted molar refractivity (Wildman–Crippen MR) is 80.7 cm³/mol. The van der Waals surface area contributed by atoms with Gasteiger partial charge in [0.05, 0.1) is 23.7 Å². The van der Waals surface area contributed by atoms with Crippen LogP contribution >= 0.6 is 0 Å². The molecule has 7 heteroatoms. The van der Waals surface area contributed by atoms with Crippen LogP contribution in [0.2, 0.25) is 0 Å². The summed E-state index contributed by atoms with van der Waals surface area (Å²) < 4.78 is 23.2. The first kappa shape index (κ1) is 16.7. The molecule has 1 heterocycles. The molecule has 1 saturated heterocycles. The number of aliphatic hydroxyl groups is 1. The summed E-state index contributed by atoms with van der Waals surface area (Å²) in [6, 6.07) is -0.318. The van der Waals surface area contributed by atoms with Gasteiger partial charge in [-0.3, -0.25) is 4.79 Å². The summed E-state index contributed by atoms with van der Waals surface area (Å²) in [5.41, 5.74) is -0.517. The number of amides is 1. The summed E-state index contributed by atoms with van der Waals surface area (Å²) in [7, 11) is -3.03. The lowest BCUT2D eigenvalue weighted by atomic mass is 9.77. The largest absolute Gasteiger partial charge is 0.394 e. The molecule has 122 valence electrons. The van der Waals surface area contributed by atoms with Gasteiger partial charge in [-0.15, -0.1) is 0 Å². The van der Waals surface area contributed by atoms with Crippen molar-refractivity contribution in [3.05, 3.63) is 0 Å². The quantitative estimate of drug-likeness (QED) is 0.668. The topological polar surface area (TPSA) is 95.5 Å². The van der Waals surface area contributed by atoms with Gasteiger partial charge in [-0.2, -0.15) is 0 Å². The average Bonchev–Trinajstić information content (AvgIpc) is 2.40. The number of rotatable bonds is 4. The smallest absolute Gasteiger partial charge is 0.222 e. The molecule has 6 nitrogen and oxygen atoms in total. The summed E-state index contributed by atoms with van der Waals surface area (Å²) in [5.74, 6) is 0.618. The Balaban J connectivity index is 1.88. The zero-order chi connectivity index (χ0) is 15.5. The van der Waals surface area contributed by atoms with E-state index in [2.05, 4.69) is 17.6 Å². The van der Waals surface area contributed by atoms with Crippen LogP contribution in [0.4, 0.5) is 0 Å². The molecule has 0 aromatic carbocycles. The zero-order valence-corrected chi connectivity index (χ0v) is 13.4. The molecular weight excluding hydrogens is 292 g/mol. The number of sulfone groups is 1. The maximum Gasteiger partial charge on any atom is 0.222 e. The Bertz CT molecular complexity index is 469.